The van der Waals surface area contributed by atoms with Gasteiger partial charge in [0.2, 0.25) is 0 Å². The predicted molar refractivity (Wildman–Crippen MR) is 89.2 cm³/mol. The topological polar surface area (TPSA) is 6.48 Å². The Morgan fingerprint density at radius 2 is 1.70 bits per heavy atom. The molecule has 1 aliphatic heterocycles. The molecule has 2 rings (SSSR count). The highest BCUT2D eigenvalue weighted by atomic mass is 15.1. The van der Waals surface area contributed by atoms with E-state index in [-0.39, 0.29) is 0 Å². The summed E-state index contributed by atoms with van der Waals surface area (Å²) in [6.45, 7) is 8.30. The van der Waals surface area contributed by atoms with Gasteiger partial charge in [0.25, 0.3) is 0 Å². The van der Waals surface area contributed by atoms with Crippen molar-refractivity contribution < 1.29 is 0 Å². The van der Waals surface area contributed by atoms with Crippen LogP contribution in [0, 0.1) is 11.8 Å². The molecular weight excluding hydrogens is 244 g/mol. The van der Waals surface area contributed by atoms with Crippen molar-refractivity contribution in [2.24, 2.45) is 11.8 Å². The van der Waals surface area contributed by atoms with E-state index in [1.807, 2.05) is 0 Å². The van der Waals surface area contributed by atoms with E-state index in [4.69, 9.17) is 0 Å². The van der Waals surface area contributed by atoms with Crippen LogP contribution in [0.2, 0.25) is 0 Å². The molecule has 0 aliphatic carbocycles. The molecule has 110 valence electrons. The second-order valence-electron chi connectivity index (χ2n) is 6.55. The van der Waals surface area contributed by atoms with Crippen LogP contribution >= 0.6 is 0 Å². The lowest BCUT2D eigenvalue weighted by molar-refractivity contribution is 0.155. The van der Waals surface area contributed by atoms with Crippen molar-refractivity contribution in [2.75, 3.05) is 38.6 Å². The number of hydrogen-bond acceptors (Lipinski definition) is 2. The summed E-state index contributed by atoms with van der Waals surface area (Å²) in [5, 5.41) is 0. The summed E-state index contributed by atoms with van der Waals surface area (Å²) in [7, 11) is 4.15. The molecule has 1 aromatic rings. The van der Waals surface area contributed by atoms with Gasteiger partial charge in [-0.15, -0.1) is 0 Å². The van der Waals surface area contributed by atoms with Gasteiger partial charge in [0, 0.05) is 39.4 Å². The highest BCUT2D eigenvalue weighted by molar-refractivity contribution is 5.55. The molecule has 1 saturated heterocycles. The Balaban J connectivity index is 1.86. The lowest BCUT2D eigenvalue weighted by atomic mass is 9.92. The van der Waals surface area contributed by atoms with Gasteiger partial charge in [-0.3, -0.25) is 4.90 Å². The minimum Gasteiger partial charge on any atom is -0.378 e. The Morgan fingerprint density at radius 3 is 2.25 bits per heavy atom. The number of hydrogen-bond donors (Lipinski definition) is 0. The monoisotopic (exact) mass is 272 g/mol. The van der Waals surface area contributed by atoms with E-state index in [0.29, 0.717) is 0 Å². The van der Waals surface area contributed by atoms with Gasteiger partial charge in [-0.25, -0.2) is 0 Å². The average Bonchev–Trinajstić information content (AvgIpc) is 2.38. The number of likely N-dealkylation sites (tertiary alicyclic amines) is 1. The summed E-state index contributed by atoms with van der Waals surface area (Å²) in [4.78, 5) is 4.70. The number of nitrogens with zero attached hydrogens (tertiary/aromatic N) is 2. The molecule has 0 radical (unpaired) electrons. The number of anilines is 1. The zero-order chi connectivity index (χ0) is 14.5. The van der Waals surface area contributed by atoms with E-state index in [2.05, 4.69) is 74.2 Å². The SMILES string of the molecule is CC1CC(C)CN(CC=Cc2ccc(N(C)C)cc2)C1. The molecule has 1 aromatic carbocycles. The fourth-order valence-corrected chi connectivity index (χ4v) is 3.16. The van der Waals surface area contributed by atoms with Gasteiger partial charge in [-0.1, -0.05) is 38.1 Å². The Bertz CT molecular complexity index is 423. The van der Waals surface area contributed by atoms with E-state index in [9.17, 15) is 0 Å². The average molecular weight is 272 g/mol. The van der Waals surface area contributed by atoms with Crippen molar-refractivity contribution in [3.05, 3.63) is 35.9 Å². The molecule has 1 aliphatic rings. The largest absolute Gasteiger partial charge is 0.378 e. The molecule has 0 saturated carbocycles. The van der Waals surface area contributed by atoms with Crippen LogP contribution in [0.25, 0.3) is 6.08 Å². The fraction of sp³-hybridized carbons (Fsp3) is 0.556. The first-order valence-corrected chi connectivity index (χ1v) is 7.71. The van der Waals surface area contributed by atoms with Gasteiger partial charge < -0.3 is 4.90 Å². The van der Waals surface area contributed by atoms with Crippen LogP contribution in [-0.4, -0.2) is 38.6 Å². The third-order valence-electron chi connectivity index (χ3n) is 4.03. The van der Waals surface area contributed by atoms with Crippen LogP contribution in [-0.2, 0) is 0 Å². The smallest absolute Gasteiger partial charge is 0.0361 e. The summed E-state index contributed by atoms with van der Waals surface area (Å²) in [5.74, 6) is 1.68. The maximum atomic E-state index is 2.57. The summed E-state index contributed by atoms with van der Waals surface area (Å²) >= 11 is 0. The highest BCUT2D eigenvalue weighted by Gasteiger charge is 2.20. The Labute approximate surface area is 124 Å². The van der Waals surface area contributed by atoms with Crippen molar-refractivity contribution in [2.45, 2.75) is 20.3 Å². The number of rotatable bonds is 4. The first kappa shape index (κ1) is 15.1. The molecule has 20 heavy (non-hydrogen) atoms. The van der Waals surface area contributed by atoms with Crippen molar-refractivity contribution in [1.82, 2.24) is 4.90 Å². The van der Waals surface area contributed by atoms with Gasteiger partial charge in [-0.05, 0) is 36.0 Å². The maximum absolute atomic E-state index is 2.57. The van der Waals surface area contributed by atoms with Crippen molar-refractivity contribution in [1.29, 1.82) is 0 Å². The van der Waals surface area contributed by atoms with Gasteiger partial charge in [0.1, 0.15) is 0 Å². The minimum atomic E-state index is 0.839. The highest BCUT2D eigenvalue weighted by Crippen LogP contribution is 2.20. The molecule has 0 spiro atoms. The summed E-state index contributed by atoms with van der Waals surface area (Å²) in [6, 6.07) is 8.72. The van der Waals surface area contributed by atoms with Gasteiger partial charge in [-0.2, -0.15) is 0 Å². The first-order chi connectivity index (χ1) is 9.54. The normalized spacial score (nSPS) is 24.2. The molecule has 0 bridgehead atoms. The lowest BCUT2D eigenvalue weighted by Gasteiger charge is -2.34. The molecule has 0 N–H and O–H groups in total. The van der Waals surface area contributed by atoms with Gasteiger partial charge in [0.05, 0.1) is 0 Å². The van der Waals surface area contributed by atoms with Crippen molar-refractivity contribution in [3.63, 3.8) is 0 Å². The number of piperidine rings is 1. The van der Waals surface area contributed by atoms with Crippen LogP contribution < -0.4 is 4.90 Å². The molecule has 1 fully saturated rings. The summed E-state index contributed by atoms with van der Waals surface area (Å²) in [6.07, 6.45) is 5.92. The second kappa shape index (κ2) is 6.94. The molecule has 2 heteroatoms. The lowest BCUT2D eigenvalue weighted by Crippen LogP contribution is -2.38. The standard InChI is InChI=1S/C18H28N2/c1-15-12-16(2)14-20(13-15)11-5-6-17-7-9-18(10-8-17)19(3)4/h5-10,15-16H,11-14H2,1-4H3. The zero-order valence-corrected chi connectivity index (χ0v) is 13.3. The van der Waals surface area contributed by atoms with E-state index < -0.39 is 0 Å². The zero-order valence-electron chi connectivity index (χ0n) is 13.3. The molecular formula is C18H28N2. The molecule has 0 aromatic heterocycles. The van der Waals surface area contributed by atoms with Crippen LogP contribution in [0.4, 0.5) is 5.69 Å². The number of benzene rings is 1. The Morgan fingerprint density at radius 1 is 1.10 bits per heavy atom. The molecule has 2 atom stereocenters. The molecule has 1 heterocycles. The van der Waals surface area contributed by atoms with Crippen LogP contribution in [0.15, 0.2) is 30.3 Å². The Hall–Kier alpha value is -1.28. The van der Waals surface area contributed by atoms with Crippen LogP contribution in [0.3, 0.4) is 0 Å². The minimum absolute atomic E-state index is 0.839. The van der Waals surface area contributed by atoms with E-state index in [1.54, 1.807) is 0 Å². The third-order valence-corrected chi connectivity index (χ3v) is 4.03. The Kier molecular flexibility index (Phi) is 5.24. The van der Waals surface area contributed by atoms with E-state index >= 15 is 0 Å². The third kappa shape index (κ3) is 4.38. The van der Waals surface area contributed by atoms with Crippen molar-refractivity contribution >= 4 is 11.8 Å². The van der Waals surface area contributed by atoms with Crippen LogP contribution in [0.1, 0.15) is 25.8 Å². The van der Waals surface area contributed by atoms with E-state index in [0.717, 1.165) is 18.4 Å². The van der Waals surface area contributed by atoms with Crippen molar-refractivity contribution in [3.8, 4) is 0 Å². The summed E-state index contributed by atoms with van der Waals surface area (Å²) < 4.78 is 0. The van der Waals surface area contributed by atoms with Gasteiger partial charge >= 0.3 is 0 Å². The predicted octanol–water partition coefficient (Wildman–Crippen LogP) is 3.74. The molecule has 2 unspecified atom stereocenters. The fourth-order valence-electron chi connectivity index (χ4n) is 3.16. The molecule has 2 nitrogen and oxygen atoms in total. The maximum Gasteiger partial charge on any atom is 0.0361 e. The molecule has 0 amide bonds. The second-order valence-corrected chi connectivity index (χ2v) is 6.55. The first-order valence-electron chi connectivity index (χ1n) is 7.71. The van der Waals surface area contributed by atoms with Gasteiger partial charge in [0.15, 0.2) is 0 Å². The quantitative estimate of drug-likeness (QED) is 0.824. The summed E-state index contributed by atoms with van der Waals surface area (Å²) in [5.41, 5.74) is 2.54. The van der Waals surface area contributed by atoms with Crippen LogP contribution in [0.5, 0.6) is 0 Å². The van der Waals surface area contributed by atoms with E-state index in [1.165, 1.54) is 30.8 Å².